The lowest BCUT2D eigenvalue weighted by molar-refractivity contribution is -0.141. The van der Waals surface area contributed by atoms with Gasteiger partial charge in [-0.25, -0.2) is 4.68 Å². The summed E-state index contributed by atoms with van der Waals surface area (Å²) in [5.41, 5.74) is 0.678. The van der Waals surface area contributed by atoms with E-state index in [1.54, 1.807) is 35.3 Å². The molecule has 11 heteroatoms. The van der Waals surface area contributed by atoms with Crippen LogP contribution in [0.5, 0.6) is 5.88 Å². The van der Waals surface area contributed by atoms with Crippen molar-refractivity contribution in [3.05, 3.63) is 89.3 Å². The highest BCUT2D eigenvalue weighted by atomic mass is 35.5. The molecule has 0 saturated carbocycles. The van der Waals surface area contributed by atoms with E-state index in [-0.39, 0.29) is 23.1 Å². The van der Waals surface area contributed by atoms with E-state index in [2.05, 4.69) is 15.5 Å². The Kier molecular flexibility index (Phi) is 6.36. The molecule has 0 aliphatic heterocycles. The van der Waals surface area contributed by atoms with Crippen molar-refractivity contribution in [2.45, 2.75) is 12.7 Å². The Balaban J connectivity index is 1.44. The van der Waals surface area contributed by atoms with E-state index < -0.39 is 24.4 Å². The number of carbonyl (C=O) groups excluding carboxylic acids is 1. The molecule has 33 heavy (non-hydrogen) atoms. The van der Waals surface area contributed by atoms with E-state index in [9.17, 15) is 18.0 Å². The molecule has 0 radical (unpaired) electrons. The summed E-state index contributed by atoms with van der Waals surface area (Å²) < 4.78 is 47.5. The summed E-state index contributed by atoms with van der Waals surface area (Å²) in [7, 11) is 0. The van der Waals surface area contributed by atoms with Gasteiger partial charge in [0.15, 0.2) is 12.3 Å². The lowest BCUT2D eigenvalue weighted by Crippen LogP contribution is -2.28. The second-order valence-electron chi connectivity index (χ2n) is 6.91. The molecule has 0 saturated heterocycles. The van der Waals surface area contributed by atoms with Crippen molar-refractivity contribution in [2.75, 3.05) is 6.61 Å². The minimum absolute atomic E-state index is 0.181. The molecule has 2 aromatic carbocycles. The van der Waals surface area contributed by atoms with Gasteiger partial charge < -0.3 is 10.1 Å². The maximum absolute atomic E-state index is 13.2. The number of hydrogen-bond donors (Lipinski definition) is 1. The molecule has 2 heterocycles. The molecular formula is C22H17ClF3N5O2. The van der Waals surface area contributed by atoms with Crippen molar-refractivity contribution >= 4 is 17.5 Å². The summed E-state index contributed by atoms with van der Waals surface area (Å²) in [5.74, 6) is -0.772. The minimum atomic E-state index is -4.69. The van der Waals surface area contributed by atoms with Crippen molar-refractivity contribution in [2.24, 2.45) is 0 Å². The summed E-state index contributed by atoms with van der Waals surface area (Å²) in [5, 5.41) is 10.6. The molecule has 0 aliphatic rings. The molecule has 1 amide bonds. The largest absolute Gasteiger partial charge is 0.467 e. The monoisotopic (exact) mass is 475 g/mol. The van der Waals surface area contributed by atoms with Crippen molar-refractivity contribution < 1.29 is 22.7 Å². The molecule has 2 aromatic heterocycles. The van der Waals surface area contributed by atoms with Gasteiger partial charge in [0.1, 0.15) is 0 Å². The number of carbonyl (C=O) groups is 1. The van der Waals surface area contributed by atoms with E-state index in [4.69, 9.17) is 16.3 Å². The fourth-order valence-electron chi connectivity index (χ4n) is 3.02. The van der Waals surface area contributed by atoms with Gasteiger partial charge in [-0.15, -0.1) is 0 Å². The predicted molar refractivity (Wildman–Crippen MR) is 114 cm³/mol. The van der Waals surface area contributed by atoms with Crippen LogP contribution in [-0.4, -0.2) is 32.1 Å². The van der Waals surface area contributed by atoms with Crippen molar-refractivity contribution in [3.63, 3.8) is 0 Å². The third kappa shape index (κ3) is 5.35. The summed E-state index contributed by atoms with van der Waals surface area (Å²) in [6, 6.07) is 16.2. The van der Waals surface area contributed by atoms with Gasteiger partial charge in [-0.05, 0) is 35.9 Å². The van der Waals surface area contributed by atoms with Crippen LogP contribution in [-0.2, 0) is 17.5 Å². The average molecular weight is 476 g/mol. The number of alkyl halides is 3. The number of aromatic nitrogens is 4. The highest BCUT2D eigenvalue weighted by Gasteiger charge is 2.36. The number of rotatable bonds is 7. The number of benzene rings is 2. The summed E-state index contributed by atoms with van der Waals surface area (Å²) in [6.45, 7) is -0.304. The van der Waals surface area contributed by atoms with E-state index in [0.29, 0.717) is 0 Å². The second-order valence-corrected chi connectivity index (χ2v) is 7.32. The molecule has 4 aromatic rings. The predicted octanol–water partition coefficient (Wildman–Crippen LogP) is 4.43. The van der Waals surface area contributed by atoms with Crippen LogP contribution < -0.4 is 10.1 Å². The zero-order chi connectivity index (χ0) is 23.4. The van der Waals surface area contributed by atoms with E-state index in [0.717, 1.165) is 22.0 Å². The highest BCUT2D eigenvalue weighted by Crippen LogP contribution is 2.33. The topological polar surface area (TPSA) is 74.0 Å². The summed E-state index contributed by atoms with van der Waals surface area (Å²) >= 11 is 6.10. The molecule has 0 fully saturated rings. The van der Waals surface area contributed by atoms with E-state index in [1.165, 1.54) is 12.1 Å². The Morgan fingerprint density at radius 3 is 2.64 bits per heavy atom. The smallest absolute Gasteiger partial charge is 0.435 e. The zero-order valence-corrected chi connectivity index (χ0v) is 17.7. The van der Waals surface area contributed by atoms with Gasteiger partial charge in [0, 0.05) is 25.0 Å². The Hall–Kier alpha value is -3.79. The molecule has 170 valence electrons. The molecule has 1 N–H and O–H groups in total. The van der Waals surface area contributed by atoms with Gasteiger partial charge in [0.2, 0.25) is 5.88 Å². The molecule has 0 aliphatic carbocycles. The highest BCUT2D eigenvalue weighted by molar-refractivity contribution is 6.32. The first-order valence-corrected chi connectivity index (χ1v) is 10.1. The van der Waals surface area contributed by atoms with Crippen LogP contribution in [0.2, 0.25) is 5.02 Å². The fourth-order valence-corrected chi connectivity index (χ4v) is 3.24. The van der Waals surface area contributed by atoms with Crippen LogP contribution in [0.15, 0.2) is 73.1 Å². The first kappa shape index (κ1) is 22.4. The number of amides is 1. The maximum Gasteiger partial charge on any atom is 0.435 e. The number of para-hydroxylation sites is 1. The normalized spacial score (nSPS) is 11.4. The molecular weight excluding hydrogens is 459 g/mol. The Bertz CT molecular complexity index is 1260. The number of ether oxygens (including phenoxy) is 1. The molecule has 4 rings (SSSR count). The van der Waals surface area contributed by atoms with Crippen LogP contribution >= 0.6 is 11.6 Å². The van der Waals surface area contributed by atoms with Crippen LogP contribution in [0.4, 0.5) is 13.2 Å². The van der Waals surface area contributed by atoms with E-state index in [1.807, 2.05) is 24.3 Å². The van der Waals surface area contributed by atoms with Gasteiger partial charge in [-0.3, -0.25) is 4.79 Å². The molecule has 0 atom stereocenters. The van der Waals surface area contributed by atoms with Crippen LogP contribution in [0, 0.1) is 0 Å². The van der Waals surface area contributed by atoms with Crippen molar-refractivity contribution in [3.8, 4) is 17.3 Å². The first-order chi connectivity index (χ1) is 15.8. The second kappa shape index (κ2) is 9.37. The Morgan fingerprint density at radius 1 is 1.09 bits per heavy atom. The number of nitrogens with one attached hydrogen (secondary N) is 1. The lowest BCUT2D eigenvalue weighted by atomic mass is 10.2. The first-order valence-electron chi connectivity index (χ1n) is 9.72. The van der Waals surface area contributed by atoms with Crippen LogP contribution in [0.3, 0.4) is 0 Å². The standard InChI is InChI=1S/C22H17ClF3N5O2/c23-17-7-1-2-8-18(17)31-21(12-19(29-31)22(24,25)26)33-14-20(32)27-13-15-5-3-6-16(11-15)30-10-4-9-28-30/h1-12H,13-14H2,(H,27,32). The van der Waals surface area contributed by atoms with Crippen LogP contribution in [0.25, 0.3) is 11.4 Å². The lowest BCUT2D eigenvalue weighted by Gasteiger charge is -2.11. The van der Waals surface area contributed by atoms with Crippen LogP contribution in [0.1, 0.15) is 11.3 Å². The fraction of sp³-hybridized carbons (Fsp3) is 0.136. The summed E-state index contributed by atoms with van der Waals surface area (Å²) in [4.78, 5) is 12.3. The number of halogens is 4. The Labute approximate surface area is 191 Å². The number of nitrogens with zero attached hydrogens (tertiary/aromatic N) is 4. The van der Waals surface area contributed by atoms with Gasteiger partial charge >= 0.3 is 6.18 Å². The van der Waals surface area contributed by atoms with Crippen molar-refractivity contribution in [1.82, 2.24) is 24.9 Å². The zero-order valence-electron chi connectivity index (χ0n) is 17.0. The molecule has 0 spiro atoms. The quantitative estimate of drug-likeness (QED) is 0.429. The summed E-state index contributed by atoms with van der Waals surface area (Å²) in [6.07, 6.45) is -1.24. The van der Waals surface area contributed by atoms with Gasteiger partial charge in [0.05, 0.1) is 16.4 Å². The van der Waals surface area contributed by atoms with Gasteiger partial charge in [-0.2, -0.15) is 28.1 Å². The Morgan fingerprint density at radius 2 is 1.91 bits per heavy atom. The molecule has 7 nitrogen and oxygen atoms in total. The van der Waals surface area contributed by atoms with Gasteiger partial charge in [0.25, 0.3) is 5.91 Å². The third-order valence-corrected chi connectivity index (χ3v) is 4.89. The number of hydrogen-bond acceptors (Lipinski definition) is 4. The molecule has 0 bridgehead atoms. The SMILES string of the molecule is O=C(COc1cc(C(F)(F)F)nn1-c1ccccc1Cl)NCc1cccc(-n2cccn2)c1. The maximum atomic E-state index is 13.2. The third-order valence-electron chi connectivity index (χ3n) is 4.57. The van der Waals surface area contributed by atoms with Crippen molar-refractivity contribution in [1.29, 1.82) is 0 Å². The van der Waals surface area contributed by atoms with Gasteiger partial charge in [-0.1, -0.05) is 35.9 Å². The average Bonchev–Trinajstić information content (AvgIpc) is 3.47. The minimum Gasteiger partial charge on any atom is -0.467 e. The van der Waals surface area contributed by atoms with E-state index >= 15 is 0 Å². The molecule has 0 unspecified atom stereocenters.